The Hall–Kier alpha value is -1.82. The van der Waals surface area contributed by atoms with Crippen molar-refractivity contribution in [3.8, 4) is 5.75 Å². The van der Waals surface area contributed by atoms with Crippen molar-refractivity contribution in [1.82, 2.24) is 15.5 Å². The highest BCUT2D eigenvalue weighted by Gasteiger charge is 2.18. The van der Waals surface area contributed by atoms with Gasteiger partial charge in [-0.3, -0.25) is 9.89 Å². The van der Waals surface area contributed by atoms with Crippen LogP contribution in [0.5, 0.6) is 5.75 Å². The molecule has 6 heteroatoms. The molecule has 0 unspecified atom stereocenters. The first-order chi connectivity index (χ1) is 11.4. The molecular weight excluding hydrogens is 370 g/mol. The minimum atomic E-state index is -0.219. The highest BCUT2D eigenvalue weighted by atomic mass is 79.9. The lowest BCUT2D eigenvalue weighted by atomic mass is 10.0. The van der Waals surface area contributed by atoms with E-state index >= 15 is 0 Å². The summed E-state index contributed by atoms with van der Waals surface area (Å²) in [4.78, 5) is 12.2. The largest absolute Gasteiger partial charge is 0.492 e. The standard InChI is InChI=1S/C18H24BrN3O2/c1-11(2)13-5-7-14(8-6-13)24-10-9-20-18(23)17-15(19)16(12(3)4)21-22-17/h5-8,11-12H,9-10H2,1-4H3,(H,20,23)(H,21,22). The topological polar surface area (TPSA) is 67.0 Å². The van der Waals surface area contributed by atoms with Crippen LogP contribution in [0.25, 0.3) is 0 Å². The van der Waals surface area contributed by atoms with Crippen LogP contribution in [0.1, 0.15) is 61.3 Å². The van der Waals surface area contributed by atoms with Gasteiger partial charge < -0.3 is 10.1 Å². The third-order valence-electron chi connectivity index (χ3n) is 3.73. The molecule has 0 fully saturated rings. The third kappa shape index (κ3) is 4.60. The lowest BCUT2D eigenvalue weighted by Gasteiger charge is -2.09. The summed E-state index contributed by atoms with van der Waals surface area (Å²) in [7, 11) is 0. The molecule has 0 spiro atoms. The minimum Gasteiger partial charge on any atom is -0.492 e. The van der Waals surface area contributed by atoms with Gasteiger partial charge in [-0.2, -0.15) is 5.10 Å². The van der Waals surface area contributed by atoms with Gasteiger partial charge in [0.1, 0.15) is 12.4 Å². The quantitative estimate of drug-likeness (QED) is 0.691. The maximum absolute atomic E-state index is 12.2. The van der Waals surface area contributed by atoms with E-state index in [0.717, 1.165) is 15.9 Å². The zero-order valence-corrected chi connectivity index (χ0v) is 16.1. The zero-order chi connectivity index (χ0) is 17.7. The average Bonchev–Trinajstić information content (AvgIpc) is 2.93. The Morgan fingerprint density at radius 3 is 2.42 bits per heavy atom. The van der Waals surface area contributed by atoms with Crippen LogP contribution >= 0.6 is 15.9 Å². The van der Waals surface area contributed by atoms with Gasteiger partial charge in [-0.1, -0.05) is 39.8 Å². The van der Waals surface area contributed by atoms with Crippen molar-refractivity contribution in [1.29, 1.82) is 0 Å². The van der Waals surface area contributed by atoms with Gasteiger partial charge in [0.2, 0.25) is 0 Å². The van der Waals surface area contributed by atoms with Crippen molar-refractivity contribution in [2.75, 3.05) is 13.2 Å². The summed E-state index contributed by atoms with van der Waals surface area (Å²) in [6.07, 6.45) is 0. The molecule has 0 aliphatic heterocycles. The molecule has 0 aliphatic rings. The normalized spacial score (nSPS) is 11.1. The molecule has 2 aromatic rings. The average molecular weight is 394 g/mol. The van der Waals surface area contributed by atoms with E-state index in [-0.39, 0.29) is 11.8 Å². The van der Waals surface area contributed by atoms with E-state index in [1.807, 2.05) is 26.0 Å². The van der Waals surface area contributed by atoms with Crippen LogP contribution in [0.3, 0.4) is 0 Å². The highest BCUT2D eigenvalue weighted by molar-refractivity contribution is 9.10. The van der Waals surface area contributed by atoms with Gasteiger partial charge in [-0.15, -0.1) is 0 Å². The number of aromatic nitrogens is 2. The third-order valence-corrected chi connectivity index (χ3v) is 4.53. The van der Waals surface area contributed by atoms with Crippen LogP contribution in [0.4, 0.5) is 0 Å². The molecule has 5 nitrogen and oxygen atoms in total. The molecule has 1 amide bonds. The Morgan fingerprint density at radius 2 is 1.88 bits per heavy atom. The summed E-state index contributed by atoms with van der Waals surface area (Å²) in [5.74, 6) is 1.35. The van der Waals surface area contributed by atoms with Gasteiger partial charge in [0.05, 0.1) is 16.7 Å². The number of aromatic amines is 1. The fourth-order valence-electron chi connectivity index (χ4n) is 2.24. The molecule has 0 saturated heterocycles. The number of hydrogen-bond donors (Lipinski definition) is 2. The van der Waals surface area contributed by atoms with Crippen molar-refractivity contribution >= 4 is 21.8 Å². The van der Waals surface area contributed by atoms with Crippen LogP contribution in [0, 0.1) is 0 Å². The fourth-order valence-corrected chi connectivity index (χ4v) is 3.06. The monoisotopic (exact) mass is 393 g/mol. The second-order valence-electron chi connectivity index (χ2n) is 6.28. The predicted octanol–water partition coefficient (Wildman–Crippen LogP) is 4.23. The molecule has 0 aliphatic carbocycles. The number of H-pyrrole nitrogens is 1. The number of ether oxygens (including phenoxy) is 1. The molecule has 0 saturated carbocycles. The molecule has 1 aromatic heterocycles. The van der Waals surface area contributed by atoms with Crippen molar-refractivity contribution in [3.63, 3.8) is 0 Å². The smallest absolute Gasteiger partial charge is 0.273 e. The van der Waals surface area contributed by atoms with Crippen LogP contribution in [0.15, 0.2) is 28.7 Å². The Labute approximate surface area is 151 Å². The van der Waals surface area contributed by atoms with E-state index in [0.29, 0.717) is 24.8 Å². The summed E-state index contributed by atoms with van der Waals surface area (Å²) in [6.45, 7) is 9.22. The summed E-state index contributed by atoms with van der Waals surface area (Å²) in [5, 5.41) is 9.79. The number of nitrogens with zero attached hydrogens (tertiary/aromatic N) is 1. The van der Waals surface area contributed by atoms with Crippen LogP contribution in [-0.2, 0) is 0 Å². The van der Waals surface area contributed by atoms with E-state index in [4.69, 9.17) is 4.74 Å². The molecular formula is C18H24BrN3O2. The molecule has 1 aromatic carbocycles. The Bertz CT molecular complexity index is 678. The molecule has 0 bridgehead atoms. The van der Waals surface area contributed by atoms with Gasteiger partial charge in [-0.05, 0) is 45.5 Å². The number of benzene rings is 1. The maximum Gasteiger partial charge on any atom is 0.273 e. The molecule has 0 radical (unpaired) electrons. The van der Waals surface area contributed by atoms with Gasteiger partial charge in [-0.25, -0.2) is 0 Å². The van der Waals surface area contributed by atoms with E-state index < -0.39 is 0 Å². The highest BCUT2D eigenvalue weighted by Crippen LogP contribution is 2.25. The van der Waals surface area contributed by atoms with E-state index in [9.17, 15) is 4.79 Å². The van der Waals surface area contributed by atoms with Crippen LogP contribution in [0.2, 0.25) is 0 Å². The number of rotatable bonds is 7. The second kappa shape index (κ2) is 8.33. The molecule has 1 heterocycles. The zero-order valence-electron chi connectivity index (χ0n) is 14.5. The summed E-state index contributed by atoms with van der Waals surface area (Å²) >= 11 is 3.43. The summed E-state index contributed by atoms with van der Waals surface area (Å²) < 4.78 is 6.37. The first kappa shape index (κ1) is 18.5. The SMILES string of the molecule is CC(C)c1ccc(OCCNC(=O)c2n[nH]c(C(C)C)c2Br)cc1. The van der Waals surface area contributed by atoms with E-state index in [1.54, 1.807) is 0 Å². The fraction of sp³-hybridized carbons (Fsp3) is 0.444. The van der Waals surface area contributed by atoms with Crippen LogP contribution < -0.4 is 10.1 Å². The lowest BCUT2D eigenvalue weighted by Crippen LogP contribution is -2.28. The number of carbonyl (C=O) groups is 1. The van der Waals surface area contributed by atoms with Crippen molar-refractivity contribution in [3.05, 3.63) is 45.7 Å². The predicted molar refractivity (Wildman–Crippen MR) is 98.7 cm³/mol. The van der Waals surface area contributed by atoms with Crippen LogP contribution in [-0.4, -0.2) is 29.3 Å². The second-order valence-corrected chi connectivity index (χ2v) is 7.08. The van der Waals surface area contributed by atoms with Crippen molar-refractivity contribution in [2.24, 2.45) is 0 Å². The van der Waals surface area contributed by atoms with Gasteiger partial charge in [0, 0.05) is 0 Å². The van der Waals surface area contributed by atoms with Gasteiger partial charge in [0.15, 0.2) is 5.69 Å². The van der Waals surface area contributed by atoms with Crippen molar-refractivity contribution in [2.45, 2.75) is 39.5 Å². The lowest BCUT2D eigenvalue weighted by molar-refractivity contribution is 0.0941. The molecule has 24 heavy (non-hydrogen) atoms. The first-order valence-corrected chi connectivity index (χ1v) is 8.94. The Morgan fingerprint density at radius 1 is 1.21 bits per heavy atom. The number of halogens is 1. The maximum atomic E-state index is 12.2. The number of amides is 1. The molecule has 0 atom stereocenters. The van der Waals surface area contributed by atoms with Crippen molar-refractivity contribution < 1.29 is 9.53 Å². The number of nitrogens with one attached hydrogen (secondary N) is 2. The van der Waals surface area contributed by atoms with Gasteiger partial charge >= 0.3 is 0 Å². The molecule has 130 valence electrons. The minimum absolute atomic E-state index is 0.219. The number of carbonyl (C=O) groups excluding carboxylic acids is 1. The van der Waals surface area contributed by atoms with Gasteiger partial charge in [0.25, 0.3) is 5.91 Å². The van der Waals surface area contributed by atoms with E-state index in [2.05, 4.69) is 57.4 Å². The Kier molecular flexibility index (Phi) is 6.43. The van der Waals surface area contributed by atoms with E-state index in [1.165, 1.54) is 5.56 Å². The summed E-state index contributed by atoms with van der Waals surface area (Å²) in [5.41, 5.74) is 2.57. The molecule has 2 rings (SSSR count). The first-order valence-electron chi connectivity index (χ1n) is 8.14. The Balaban J connectivity index is 1.80. The summed E-state index contributed by atoms with van der Waals surface area (Å²) in [6, 6.07) is 8.03. The molecule has 2 N–H and O–H groups in total. The number of hydrogen-bond acceptors (Lipinski definition) is 3.